The molecule has 3 rings (SSSR count). The van der Waals surface area contributed by atoms with E-state index >= 15 is 0 Å². The molecule has 1 N–H and O–H groups in total. The molecule has 26 heavy (non-hydrogen) atoms. The summed E-state index contributed by atoms with van der Waals surface area (Å²) in [4.78, 5) is 16.5. The number of amides is 1. The third kappa shape index (κ3) is 4.79. The van der Waals surface area contributed by atoms with Crippen LogP contribution in [0.3, 0.4) is 0 Å². The molecule has 1 saturated heterocycles. The Kier molecular flexibility index (Phi) is 5.83. The zero-order valence-corrected chi connectivity index (χ0v) is 14.8. The van der Waals surface area contributed by atoms with E-state index < -0.39 is 0 Å². The molecule has 0 aromatic heterocycles. The molecule has 0 unspecified atom stereocenters. The second-order valence-corrected chi connectivity index (χ2v) is 6.61. The first-order valence-corrected chi connectivity index (χ1v) is 8.80. The van der Waals surface area contributed by atoms with Crippen LogP contribution in [0.4, 0.5) is 20.2 Å². The second-order valence-electron chi connectivity index (χ2n) is 6.61. The first kappa shape index (κ1) is 18.3. The maximum Gasteiger partial charge on any atom is 0.238 e. The van der Waals surface area contributed by atoms with Gasteiger partial charge >= 0.3 is 0 Å². The van der Waals surface area contributed by atoms with Crippen LogP contribution in [0.15, 0.2) is 42.5 Å². The number of carbonyl (C=O) groups excluding carboxylic acids is 1. The zero-order chi connectivity index (χ0) is 18.5. The molecule has 0 atom stereocenters. The third-order valence-corrected chi connectivity index (χ3v) is 4.60. The lowest BCUT2D eigenvalue weighted by atomic mass is 10.2. The minimum atomic E-state index is -0.326. The fourth-order valence-corrected chi connectivity index (χ4v) is 3.11. The molecule has 0 radical (unpaired) electrons. The van der Waals surface area contributed by atoms with Crippen molar-refractivity contribution in [2.45, 2.75) is 13.3 Å². The van der Waals surface area contributed by atoms with E-state index in [2.05, 4.69) is 15.1 Å². The van der Waals surface area contributed by atoms with E-state index in [1.165, 1.54) is 18.2 Å². The molecular formula is C20H23F2N3O. The Morgan fingerprint density at radius 1 is 1.04 bits per heavy atom. The fourth-order valence-electron chi connectivity index (χ4n) is 3.11. The van der Waals surface area contributed by atoms with Gasteiger partial charge in [-0.25, -0.2) is 8.78 Å². The number of anilines is 2. The molecule has 6 heteroatoms. The summed E-state index contributed by atoms with van der Waals surface area (Å²) in [6, 6.07) is 11.2. The Morgan fingerprint density at radius 2 is 1.81 bits per heavy atom. The highest BCUT2D eigenvalue weighted by atomic mass is 19.1. The predicted octanol–water partition coefficient (Wildman–Crippen LogP) is 3.42. The minimum Gasteiger partial charge on any atom is -0.370 e. The van der Waals surface area contributed by atoms with Crippen LogP contribution in [-0.2, 0) is 4.79 Å². The van der Waals surface area contributed by atoms with E-state index in [1.807, 2.05) is 0 Å². The molecule has 4 nitrogen and oxygen atoms in total. The SMILES string of the molecule is Cc1ccc(NC(=O)CN2CCCN(c3ccc(F)cc3)CC2)cc1F. The fraction of sp³-hybridized carbons (Fsp3) is 0.350. The van der Waals surface area contributed by atoms with Gasteiger partial charge in [0.05, 0.1) is 6.54 Å². The average molecular weight is 359 g/mol. The van der Waals surface area contributed by atoms with Crippen molar-refractivity contribution in [1.82, 2.24) is 4.90 Å². The van der Waals surface area contributed by atoms with Gasteiger partial charge in [0.1, 0.15) is 11.6 Å². The number of nitrogens with one attached hydrogen (secondary N) is 1. The Balaban J connectivity index is 1.53. The number of aryl methyl sites for hydroxylation is 1. The molecule has 0 bridgehead atoms. The molecular weight excluding hydrogens is 336 g/mol. The first-order valence-electron chi connectivity index (χ1n) is 8.80. The van der Waals surface area contributed by atoms with Crippen LogP contribution in [0, 0.1) is 18.6 Å². The molecule has 0 saturated carbocycles. The maximum atomic E-state index is 13.6. The molecule has 1 aliphatic rings. The van der Waals surface area contributed by atoms with Gasteiger partial charge in [-0.1, -0.05) is 6.07 Å². The molecule has 2 aromatic carbocycles. The summed E-state index contributed by atoms with van der Waals surface area (Å²) in [7, 11) is 0. The Morgan fingerprint density at radius 3 is 2.54 bits per heavy atom. The zero-order valence-electron chi connectivity index (χ0n) is 14.8. The number of halogens is 2. The lowest BCUT2D eigenvalue weighted by Crippen LogP contribution is -2.36. The van der Waals surface area contributed by atoms with Gasteiger partial charge in [-0.3, -0.25) is 9.69 Å². The average Bonchev–Trinajstić information content (AvgIpc) is 2.84. The van der Waals surface area contributed by atoms with Crippen LogP contribution in [-0.4, -0.2) is 43.5 Å². The van der Waals surface area contributed by atoms with E-state index in [0.29, 0.717) is 11.3 Å². The number of nitrogens with zero attached hydrogens (tertiary/aromatic N) is 2. The molecule has 1 fully saturated rings. The van der Waals surface area contributed by atoms with Crippen LogP contribution >= 0.6 is 0 Å². The summed E-state index contributed by atoms with van der Waals surface area (Å²) < 4.78 is 26.7. The van der Waals surface area contributed by atoms with Crippen LogP contribution in [0.2, 0.25) is 0 Å². The van der Waals surface area contributed by atoms with E-state index in [9.17, 15) is 13.6 Å². The third-order valence-electron chi connectivity index (χ3n) is 4.60. The maximum absolute atomic E-state index is 13.6. The molecule has 2 aromatic rings. The molecule has 1 amide bonds. The van der Waals surface area contributed by atoms with E-state index in [1.54, 1.807) is 31.2 Å². The molecule has 1 aliphatic heterocycles. The highest BCUT2D eigenvalue weighted by Crippen LogP contribution is 2.17. The first-order chi connectivity index (χ1) is 12.5. The summed E-state index contributed by atoms with van der Waals surface area (Å²) in [5, 5.41) is 2.75. The van der Waals surface area contributed by atoms with E-state index in [-0.39, 0.29) is 24.1 Å². The number of hydrogen-bond acceptors (Lipinski definition) is 3. The van der Waals surface area contributed by atoms with Gasteiger partial charge in [0.2, 0.25) is 5.91 Å². The van der Waals surface area contributed by atoms with E-state index in [0.717, 1.165) is 38.3 Å². The van der Waals surface area contributed by atoms with Crippen molar-refractivity contribution in [1.29, 1.82) is 0 Å². The Bertz CT molecular complexity index is 764. The summed E-state index contributed by atoms with van der Waals surface area (Å²) in [5.41, 5.74) is 2.02. The highest BCUT2D eigenvalue weighted by molar-refractivity contribution is 5.92. The van der Waals surface area contributed by atoms with Crippen LogP contribution < -0.4 is 10.2 Å². The highest BCUT2D eigenvalue weighted by Gasteiger charge is 2.17. The number of benzene rings is 2. The van der Waals surface area contributed by atoms with Gasteiger partial charge < -0.3 is 10.2 Å². The van der Waals surface area contributed by atoms with Gasteiger partial charge in [-0.15, -0.1) is 0 Å². The van der Waals surface area contributed by atoms with Crippen molar-refractivity contribution in [2.24, 2.45) is 0 Å². The number of hydrogen-bond donors (Lipinski definition) is 1. The van der Waals surface area contributed by atoms with Gasteiger partial charge in [0.25, 0.3) is 0 Å². The lowest BCUT2D eigenvalue weighted by Gasteiger charge is -2.23. The molecule has 0 aliphatic carbocycles. The van der Waals surface area contributed by atoms with Gasteiger partial charge in [0, 0.05) is 37.6 Å². The smallest absolute Gasteiger partial charge is 0.238 e. The van der Waals surface area contributed by atoms with Crippen molar-refractivity contribution in [3.05, 3.63) is 59.7 Å². The van der Waals surface area contributed by atoms with Gasteiger partial charge in [-0.05, 0) is 55.3 Å². The van der Waals surface area contributed by atoms with Crippen molar-refractivity contribution >= 4 is 17.3 Å². The second kappa shape index (κ2) is 8.27. The Hall–Kier alpha value is -2.47. The summed E-state index contributed by atoms with van der Waals surface area (Å²) in [6.07, 6.45) is 0.920. The number of carbonyl (C=O) groups is 1. The standard InChI is InChI=1S/C20H23F2N3O/c1-15-3-6-17(13-19(15)22)23-20(26)14-24-9-2-10-25(12-11-24)18-7-4-16(21)5-8-18/h3-8,13H,2,9-12,14H2,1H3,(H,23,26). The molecule has 1 heterocycles. The summed E-state index contributed by atoms with van der Waals surface area (Å²) >= 11 is 0. The molecule has 138 valence electrons. The van der Waals surface area contributed by atoms with E-state index in [4.69, 9.17) is 0 Å². The van der Waals surface area contributed by atoms with Gasteiger partial charge in [0.15, 0.2) is 0 Å². The minimum absolute atomic E-state index is 0.150. The van der Waals surface area contributed by atoms with Crippen LogP contribution in [0.25, 0.3) is 0 Å². The normalized spacial score (nSPS) is 15.6. The van der Waals surface area contributed by atoms with Gasteiger partial charge in [-0.2, -0.15) is 0 Å². The summed E-state index contributed by atoms with van der Waals surface area (Å²) in [5.74, 6) is -0.717. The Labute approximate surface area is 152 Å². The topological polar surface area (TPSA) is 35.6 Å². The summed E-state index contributed by atoms with van der Waals surface area (Å²) in [6.45, 7) is 5.16. The quantitative estimate of drug-likeness (QED) is 0.909. The van der Waals surface area contributed by atoms with Crippen LogP contribution in [0.1, 0.15) is 12.0 Å². The van der Waals surface area contributed by atoms with Crippen LogP contribution in [0.5, 0.6) is 0 Å². The largest absolute Gasteiger partial charge is 0.370 e. The van der Waals surface area contributed by atoms with Crippen molar-refractivity contribution in [3.8, 4) is 0 Å². The van der Waals surface area contributed by atoms with Crippen molar-refractivity contribution < 1.29 is 13.6 Å². The number of rotatable bonds is 4. The van der Waals surface area contributed by atoms with Crippen molar-refractivity contribution in [3.63, 3.8) is 0 Å². The van der Waals surface area contributed by atoms with Crippen molar-refractivity contribution in [2.75, 3.05) is 42.9 Å². The monoisotopic (exact) mass is 359 g/mol. The predicted molar refractivity (Wildman–Crippen MR) is 99.4 cm³/mol. The lowest BCUT2D eigenvalue weighted by molar-refractivity contribution is -0.117. The molecule has 0 spiro atoms.